The number of halogens is 1. The lowest BCUT2D eigenvalue weighted by Crippen LogP contribution is -2.49. The number of rotatable bonds is 6. The number of hydrogen-bond donors (Lipinski definition) is 1. The van der Waals surface area contributed by atoms with E-state index in [4.69, 9.17) is 16.3 Å². The fourth-order valence-corrected chi connectivity index (χ4v) is 6.09. The molecule has 1 amide bonds. The molecule has 5 rings (SSSR count). The third-order valence-electron chi connectivity index (χ3n) is 5.30. The van der Waals surface area contributed by atoms with Crippen LogP contribution in [0.2, 0.25) is 5.02 Å². The Morgan fingerprint density at radius 2 is 1.74 bits per heavy atom. The molecule has 1 aromatic heterocycles. The standard InChI is InChI=1S/C24H19ClN4O4S2/c25-18-12-10-17(11-13-18)23-27-28-24(34-23)26-22(30)21-14-29(19-8-4-5-9-20(19)33-21)35(31,32)15-16-6-2-1-3-7-16/h1-13,21H,14-15H2,(H,26,28,30)/t21-/m1/s1. The highest BCUT2D eigenvalue weighted by atomic mass is 35.5. The highest BCUT2D eigenvalue weighted by Crippen LogP contribution is 2.36. The molecule has 35 heavy (non-hydrogen) atoms. The van der Waals surface area contributed by atoms with Crippen molar-refractivity contribution < 1.29 is 17.9 Å². The van der Waals surface area contributed by atoms with Crippen LogP contribution in [-0.2, 0) is 20.6 Å². The molecule has 0 saturated carbocycles. The van der Waals surface area contributed by atoms with E-state index in [1.807, 2.05) is 18.2 Å². The van der Waals surface area contributed by atoms with Crippen LogP contribution in [-0.4, -0.2) is 37.2 Å². The van der Waals surface area contributed by atoms with Crippen molar-refractivity contribution in [2.75, 3.05) is 16.2 Å². The van der Waals surface area contributed by atoms with E-state index in [9.17, 15) is 13.2 Å². The molecule has 0 spiro atoms. The molecule has 0 bridgehead atoms. The summed E-state index contributed by atoms with van der Waals surface area (Å²) in [7, 11) is -3.79. The maximum Gasteiger partial charge on any atom is 0.269 e. The van der Waals surface area contributed by atoms with Gasteiger partial charge in [-0.15, -0.1) is 10.2 Å². The number of carbonyl (C=O) groups is 1. The Labute approximate surface area is 211 Å². The maximum atomic E-state index is 13.3. The molecule has 3 aromatic carbocycles. The topological polar surface area (TPSA) is 101 Å². The molecule has 0 unspecified atom stereocenters. The first-order valence-electron chi connectivity index (χ1n) is 10.6. The van der Waals surface area contributed by atoms with E-state index < -0.39 is 22.0 Å². The summed E-state index contributed by atoms with van der Waals surface area (Å²) in [4.78, 5) is 13.1. The molecule has 2 heterocycles. The van der Waals surface area contributed by atoms with E-state index in [1.165, 1.54) is 15.6 Å². The number of aromatic nitrogens is 2. The van der Waals surface area contributed by atoms with Crippen LogP contribution in [0.5, 0.6) is 5.75 Å². The monoisotopic (exact) mass is 526 g/mol. The van der Waals surface area contributed by atoms with Crippen LogP contribution in [0.25, 0.3) is 10.6 Å². The molecule has 0 fully saturated rings. The zero-order valence-electron chi connectivity index (χ0n) is 18.2. The van der Waals surface area contributed by atoms with Crippen molar-refractivity contribution in [3.63, 3.8) is 0 Å². The third-order valence-corrected chi connectivity index (χ3v) is 8.16. The average Bonchev–Trinajstić information content (AvgIpc) is 3.32. The molecule has 0 radical (unpaired) electrons. The van der Waals surface area contributed by atoms with Crippen LogP contribution >= 0.6 is 22.9 Å². The van der Waals surface area contributed by atoms with Gasteiger partial charge in [-0.2, -0.15) is 0 Å². The number of anilines is 2. The summed E-state index contributed by atoms with van der Waals surface area (Å²) in [6, 6.07) is 22.8. The van der Waals surface area contributed by atoms with Gasteiger partial charge in [0, 0.05) is 10.6 Å². The molecule has 0 saturated heterocycles. The lowest BCUT2D eigenvalue weighted by atomic mass is 10.2. The molecule has 1 N–H and O–H groups in total. The minimum Gasteiger partial charge on any atom is -0.476 e. The number of ether oxygens (including phenoxy) is 1. The van der Waals surface area contributed by atoms with Crippen molar-refractivity contribution >= 4 is 49.7 Å². The van der Waals surface area contributed by atoms with Crippen molar-refractivity contribution in [2.24, 2.45) is 0 Å². The van der Waals surface area contributed by atoms with Gasteiger partial charge in [-0.1, -0.05) is 77.5 Å². The second-order valence-electron chi connectivity index (χ2n) is 7.76. The summed E-state index contributed by atoms with van der Waals surface area (Å²) in [5.41, 5.74) is 1.86. The molecule has 1 atom stereocenters. The normalized spacial score (nSPS) is 15.2. The highest BCUT2D eigenvalue weighted by molar-refractivity contribution is 7.92. The van der Waals surface area contributed by atoms with Crippen molar-refractivity contribution in [3.05, 3.63) is 89.4 Å². The van der Waals surface area contributed by atoms with Gasteiger partial charge < -0.3 is 4.74 Å². The van der Waals surface area contributed by atoms with Gasteiger partial charge in [0.05, 0.1) is 18.0 Å². The van der Waals surface area contributed by atoms with Gasteiger partial charge in [0.25, 0.3) is 5.91 Å². The summed E-state index contributed by atoms with van der Waals surface area (Å²) < 4.78 is 33.8. The highest BCUT2D eigenvalue weighted by Gasteiger charge is 2.37. The van der Waals surface area contributed by atoms with Crippen molar-refractivity contribution in [3.8, 4) is 16.3 Å². The molecule has 11 heteroatoms. The largest absolute Gasteiger partial charge is 0.476 e. The summed E-state index contributed by atoms with van der Waals surface area (Å²) in [5, 5.41) is 12.3. The number of amides is 1. The first kappa shape index (κ1) is 23.3. The van der Waals surface area contributed by atoms with Gasteiger partial charge in [-0.3, -0.25) is 14.4 Å². The van der Waals surface area contributed by atoms with E-state index in [0.29, 0.717) is 27.0 Å². The Morgan fingerprint density at radius 3 is 2.51 bits per heavy atom. The van der Waals surface area contributed by atoms with E-state index in [0.717, 1.165) is 5.56 Å². The molecule has 4 aromatic rings. The first-order chi connectivity index (χ1) is 16.9. The second-order valence-corrected chi connectivity index (χ2v) is 11.1. The van der Waals surface area contributed by atoms with Gasteiger partial charge in [0.1, 0.15) is 10.8 Å². The minimum absolute atomic E-state index is 0.166. The second kappa shape index (κ2) is 9.65. The molecular formula is C24H19ClN4O4S2. The minimum atomic E-state index is -3.79. The molecule has 8 nitrogen and oxygen atoms in total. The van der Waals surface area contributed by atoms with E-state index >= 15 is 0 Å². The van der Waals surface area contributed by atoms with Crippen molar-refractivity contribution in [2.45, 2.75) is 11.9 Å². The Hall–Kier alpha value is -3.47. The SMILES string of the molecule is O=C(Nc1nnc(-c2ccc(Cl)cc2)s1)[C@H]1CN(S(=O)(=O)Cc2ccccc2)c2ccccc2O1. The Kier molecular flexibility index (Phi) is 6.42. The Balaban J connectivity index is 1.36. The van der Waals surface area contributed by atoms with Gasteiger partial charge in [-0.05, 0) is 29.8 Å². The zero-order valence-corrected chi connectivity index (χ0v) is 20.6. The van der Waals surface area contributed by atoms with Crippen LogP contribution in [0.1, 0.15) is 5.56 Å². The number of sulfonamides is 1. The van der Waals surface area contributed by atoms with Gasteiger partial charge in [0.2, 0.25) is 15.2 Å². The van der Waals surface area contributed by atoms with Gasteiger partial charge in [-0.25, -0.2) is 8.42 Å². The van der Waals surface area contributed by atoms with Crippen molar-refractivity contribution in [1.29, 1.82) is 0 Å². The number of para-hydroxylation sites is 2. The number of nitrogens with one attached hydrogen (secondary N) is 1. The van der Waals surface area contributed by atoms with E-state index in [-0.39, 0.29) is 17.4 Å². The quantitative estimate of drug-likeness (QED) is 0.394. The van der Waals surface area contributed by atoms with Crippen molar-refractivity contribution in [1.82, 2.24) is 10.2 Å². The number of nitrogens with zero attached hydrogens (tertiary/aromatic N) is 3. The van der Waals surface area contributed by atoms with E-state index in [2.05, 4.69) is 15.5 Å². The van der Waals surface area contributed by atoms with Crippen LogP contribution in [0.4, 0.5) is 10.8 Å². The summed E-state index contributed by atoms with van der Waals surface area (Å²) in [6.45, 7) is -0.166. The van der Waals surface area contributed by atoms with Crippen LogP contribution in [0, 0.1) is 0 Å². The smallest absolute Gasteiger partial charge is 0.269 e. The molecule has 178 valence electrons. The van der Waals surface area contributed by atoms with E-state index in [1.54, 1.807) is 60.7 Å². The lowest BCUT2D eigenvalue weighted by molar-refractivity contribution is -0.122. The molecule has 0 aliphatic carbocycles. The van der Waals surface area contributed by atoms with Gasteiger partial charge >= 0.3 is 0 Å². The predicted octanol–water partition coefficient (Wildman–Crippen LogP) is 4.59. The lowest BCUT2D eigenvalue weighted by Gasteiger charge is -2.34. The number of fused-ring (bicyclic) bond motifs is 1. The van der Waals surface area contributed by atoms with Gasteiger partial charge in [0.15, 0.2) is 6.10 Å². The molecular weight excluding hydrogens is 508 g/mol. The average molecular weight is 527 g/mol. The summed E-state index contributed by atoms with van der Waals surface area (Å²) in [5.74, 6) is -0.398. The Bertz CT molecular complexity index is 1460. The number of hydrogen-bond acceptors (Lipinski definition) is 7. The van der Waals surface area contributed by atoms with Crippen LogP contribution in [0.3, 0.4) is 0 Å². The Morgan fingerprint density at radius 1 is 1.03 bits per heavy atom. The first-order valence-corrected chi connectivity index (χ1v) is 13.4. The number of carbonyl (C=O) groups excluding carboxylic acids is 1. The van der Waals surface area contributed by atoms with Crippen LogP contribution in [0.15, 0.2) is 78.9 Å². The predicted molar refractivity (Wildman–Crippen MR) is 136 cm³/mol. The summed E-state index contributed by atoms with van der Waals surface area (Å²) in [6.07, 6.45) is -1.07. The third kappa shape index (κ3) is 5.14. The molecule has 1 aliphatic rings. The van der Waals surface area contributed by atoms with Crippen LogP contribution < -0.4 is 14.4 Å². The fourth-order valence-electron chi connectivity index (χ4n) is 3.63. The summed E-state index contributed by atoms with van der Waals surface area (Å²) >= 11 is 7.13. The number of benzene rings is 3. The fraction of sp³-hybridized carbons (Fsp3) is 0.125. The maximum absolute atomic E-state index is 13.3. The molecule has 1 aliphatic heterocycles. The zero-order chi connectivity index (χ0) is 24.4.